The lowest BCUT2D eigenvalue weighted by Crippen LogP contribution is -2.51. The molecule has 82 valence electrons. The number of aliphatic hydroxyl groups is 1. The number of hydrogen-bond donors (Lipinski definition) is 2. The first kappa shape index (κ1) is 11.7. The summed E-state index contributed by atoms with van der Waals surface area (Å²) in [6.45, 7) is 7.19. The van der Waals surface area contributed by atoms with Crippen molar-refractivity contribution in [3.8, 4) is 0 Å². The Morgan fingerprint density at radius 1 is 1.64 bits per heavy atom. The number of rotatable bonds is 5. The lowest BCUT2D eigenvalue weighted by Gasteiger charge is -2.39. The second-order valence-corrected chi connectivity index (χ2v) is 4.64. The highest BCUT2D eigenvalue weighted by atomic mass is 16.3. The van der Waals surface area contributed by atoms with Gasteiger partial charge in [-0.05, 0) is 31.7 Å². The molecule has 0 saturated heterocycles. The van der Waals surface area contributed by atoms with Crippen molar-refractivity contribution in [1.29, 1.82) is 0 Å². The highest BCUT2D eigenvalue weighted by molar-refractivity contribution is 4.92. The van der Waals surface area contributed by atoms with Crippen molar-refractivity contribution in [1.82, 2.24) is 5.32 Å². The van der Waals surface area contributed by atoms with Crippen molar-refractivity contribution in [3.05, 3.63) is 12.7 Å². The van der Waals surface area contributed by atoms with Crippen LogP contribution in [0, 0.1) is 5.92 Å². The Morgan fingerprint density at radius 3 is 3.00 bits per heavy atom. The van der Waals surface area contributed by atoms with Crippen molar-refractivity contribution >= 4 is 0 Å². The number of hydrogen-bond acceptors (Lipinski definition) is 2. The molecule has 2 N–H and O–H groups in total. The summed E-state index contributed by atoms with van der Waals surface area (Å²) in [4.78, 5) is 0. The Morgan fingerprint density at radius 2 is 2.43 bits per heavy atom. The molecule has 0 aromatic carbocycles. The SMILES string of the molecule is C=CCCNC1(CO)CCCC(C)C1. The highest BCUT2D eigenvalue weighted by Crippen LogP contribution is 2.31. The lowest BCUT2D eigenvalue weighted by molar-refractivity contribution is 0.101. The van der Waals surface area contributed by atoms with Crippen LogP contribution in [0.1, 0.15) is 39.0 Å². The minimum absolute atomic E-state index is 0.000671. The molecule has 1 aliphatic rings. The van der Waals surface area contributed by atoms with Gasteiger partial charge in [-0.25, -0.2) is 0 Å². The summed E-state index contributed by atoms with van der Waals surface area (Å²) in [6, 6.07) is 0. The molecule has 1 saturated carbocycles. The molecule has 1 aliphatic carbocycles. The quantitative estimate of drug-likeness (QED) is 0.522. The van der Waals surface area contributed by atoms with Gasteiger partial charge in [0.2, 0.25) is 0 Å². The van der Waals surface area contributed by atoms with Gasteiger partial charge in [-0.15, -0.1) is 6.58 Å². The Balaban J connectivity index is 2.42. The summed E-state index contributed by atoms with van der Waals surface area (Å²) in [5.41, 5.74) is 0.000671. The lowest BCUT2D eigenvalue weighted by atomic mass is 9.77. The molecule has 0 bridgehead atoms. The fourth-order valence-corrected chi connectivity index (χ4v) is 2.46. The molecule has 2 heteroatoms. The third-order valence-corrected chi connectivity index (χ3v) is 3.24. The Hall–Kier alpha value is -0.340. The predicted molar refractivity (Wildman–Crippen MR) is 60.3 cm³/mol. The van der Waals surface area contributed by atoms with E-state index < -0.39 is 0 Å². The van der Waals surface area contributed by atoms with Crippen LogP contribution < -0.4 is 5.32 Å². The molecule has 0 radical (unpaired) electrons. The molecule has 0 spiro atoms. The Labute approximate surface area is 87.4 Å². The van der Waals surface area contributed by atoms with Gasteiger partial charge in [0.1, 0.15) is 0 Å². The van der Waals surface area contributed by atoms with Crippen LogP contribution in [-0.4, -0.2) is 23.8 Å². The van der Waals surface area contributed by atoms with E-state index in [1.54, 1.807) is 0 Å². The van der Waals surface area contributed by atoms with E-state index in [1.165, 1.54) is 12.8 Å². The predicted octanol–water partition coefficient (Wildman–Crippen LogP) is 2.09. The number of nitrogens with one attached hydrogen (secondary N) is 1. The van der Waals surface area contributed by atoms with Gasteiger partial charge < -0.3 is 10.4 Å². The van der Waals surface area contributed by atoms with E-state index in [2.05, 4.69) is 18.8 Å². The summed E-state index contributed by atoms with van der Waals surface area (Å²) >= 11 is 0. The summed E-state index contributed by atoms with van der Waals surface area (Å²) in [6.07, 6.45) is 7.68. The van der Waals surface area contributed by atoms with E-state index in [0.717, 1.165) is 31.7 Å². The first-order valence-electron chi connectivity index (χ1n) is 5.69. The van der Waals surface area contributed by atoms with E-state index in [4.69, 9.17) is 0 Å². The van der Waals surface area contributed by atoms with Gasteiger partial charge in [0.25, 0.3) is 0 Å². The van der Waals surface area contributed by atoms with Crippen LogP contribution in [-0.2, 0) is 0 Å². The Bertz CT molecular complexity index is 181. The van der Waals surface area contributed by atoms with Gasteiger partial charge in [0, 0.05) is 5.54 Å². The van der Waals surface area contributed by atoms with Crippen LogP contribution in [0.25, 0.3) is 0 Å². The second kappa shape index (κ2) is 5.52. The first-order chi connectivity index (χ1) is 6.72. The second-order valence-electron chi connectivity index (χ2n) is 4.64. The summed E-state index contributed by atoms with van der Waals surface area (Å²) < 4.78 is 0. The fourth-order valence-electron chi connectivity index (χ4n) is 2.46. The van der Waals surface area contributed by atoms with Crippen LogP contribution in [0.4, 0.5) is 0 Å². The van der Waals surface area contributed by atoms with Crippen molar-refractivity contribution in [3.63, 3.8) is 0 Å². The minimum Gasteiger partial charge on any atom is -0.394 e. The molecule has 0 aromatic rings. The zero-order chi connectivity index (χ0) is 10.4. The van der Waals surface area contributed by atoms with Crippen LogP contribution in [0.15, 0.2) is 12.7 Å². The normalized spacial score (nSPS) is 32.9. The van der Waals surface area contributed by atoms with Gasteiger partial charge in [0.05, 0.1) is 6.61 Å². The molecular formula is C12H23NO. The molecule has 0 heterocycles. The largest absolute Gasteiger partial charge is 0.394 e. The van der Waals surface area contributed by atoms with Gasteiger partial charge in [-0.3, -0.25) is 0 Å². The molecule has 1 rings (SSSR count). The molecule has 1 fully saturated rings. The standard InChI is InChI=1S/C12H23NO/c1-3-4-8-13-12(10-14)7-5-6-11(2)9-12/h3,11,13-14H,1,4-10H2,2H3. The molecule has 0 amide bonds. The van der Waals surface area contributed by atoms with E-state index in [9.17, 15) is 5.11 Å². The van der Waals surface area contributed by atoms with Crippen molar-refractivity contribution in [2.24, 2.45) is 5.92 Å². The molecule has 2 unspecified atom stereocenters. The topological polar surface area (TPSA) is 32.3 Å². The first-order valence-corrected chi connectivity index (χ1v) is 5.69. The van der Waals surface area contributed by atoms with Gasteiger partial charge >= 0.3 is 0 Å². The zero-order valence-corrected chi connectivity index (χ0v) is 9.26. The van der Waals surface area contributed by atoms with Crippen LogP contribution >= 0.6 is 0 Å². The smallest absolute Gasteiger partial charge is 0.0613 e. The van der Waals surface area contributed by atoms with E-state index in [0.29, 0.717) is 0 Å². The van der Waals surface area contributed by atoms with Gasteiger partial charge in [-0.2, -0.15) is 0 Å². The molecule has 2 atom stereocenters. The summed E-state index contributed by atoms with van der Waals surface area (Å²) in [5, 5.41) is 13.0. The van der Waals surface area contributed by atoms with Gasteiger partial charge in [0.15, 0.2) is 0 Å². The van der Waals surface area contributed by atoms with Crippen LogP contribution in [0.2, 0.25) is 0 Å². The van der Waals surface area contributed by atoms with Crippen molar-refractivity contribution < 1.29 is 5.11 Å². The average molecular weight is 197 g/mol. The fraction of sp³-hybridized carbons (Fsp3) is 0.833. The van der Waals surface area contributed by atoms with Crippen LogP contribution in [0.3, 0.4) is 0 Å². The molecular weight excluding hydrogens is 174 g/mol. The zero-order valence-electron chi connectivity index (χ0n) is 9.26. The maximum absolute atomic E-state index is 9.47. The van der Waals surface area contributed by atoms with Crippen LogP contribution in [0.5, 0.6) is 0 Å². The maximum atomic E-state index is 9.47. The number of aliphatic hydroxyl groups excluding tert-OH is 1. The monoisotopic (exact) mass is 197 g/mol. The van der Waals surface area contributed by atoms with Crippen molar-refractivity contribution in [2.75, 3.05) is 13.2 Å². The summed E-state index contributed by atoms with van der Waals surface area (Å²) in [5.74, 6) is 0.743. The summed E-state index contributed by atoms with van der Waals surface area (Å²) in [7, 11) is 0. The maximum Gasteiger partial charge on any atom is 0.0613 e. The molecule has 2 nitrogen and oxygen atoms in total. The third-order valence-electron chi connectivity index (χ3n) is 3.24. The molecule has 0 aromatic heterocycles. The Kier molecular flexibility index (Phi) is 4.63. The molecule has 0 aliphatic heterocycles. The van der Waals surface area contributed by atoms with E-state index in [1.807, 2.05) is 6.08 Å². The molecule has 14 heavy (non-hydrogen) atoms. The van der Waals surface area contributed by atoms with Gasteiger partial charge in [-0.1, -0.05) is 25.8 Å². The third kappa shape index (κ3) is 3.10. The average Bonchev–Trinajstić information content (AvgIpc) is 2.18. The van der Waals surface area contributed by atoms with E-state index >= 15 is 0 Å². The van der Waals surface area contributed by atoms with Crippen molar-refractivity contribution in [2.45, 2.75) is 44.6 Å². The van der Waals surface area contributed by atoms with E-state index in [-0.39, 0.29) is 12.1 Å². The minimum atomic E-state index is 0.000671. The highest BCUT2D eigenvalue weighted by Gasteiger charge is 2.33.